The Morgan fingerprint density at radius 1 is 1.06 bits per heavy atom. The van der Waals surface area contributed by atoms with E-state index in [1.54, 1.807) is 32.0 Å². The summed E-state index contributed by atoms with van der Waals surface area (Å²) in [6.07, 6.45) is 1.02. The molecule has 0 fully saturated rings. The van der Waals surface area contributed by atoms with E-state index in [4.69, 9.17) is 0 Å². The number of carbonyl (C=O) groups is 2. The van der Waals surface area contributed by atoms with Crippen LogP contribution in [-0.2, 0) is 4.79 Å². The lowest BCUT2D eigenvalue weighted by Gasteiger charge is -2.17. The normalized spacial score (nSPS) is 12.9. The van der Waals surface area contributed by atoms with Gasteiger partial charge in [0.25, 0.3) is 5.56 Å². The quantitative estimate of drug-likeness (QED) is 0.413. The molecule has 0 saturated heterocycles. The van der Waals surface area contributed by atoms with Crippen molar-refractivity contribution in [2.75, 3.05) is 6.54 Å². The van der Waals surface area contributed by atoms with Crippen molar-refractivity contribution in [1.82, 2.24) is 20.2 Å². The molecular weight excluding hydrogens is 424 g/mol. The van der Waals surface area contributed by atoms with Gasteiger partial charge in [-0.2, -0.15) is 0 Å². The lowest BCUT2D eigenvalue weighted by molar-refractivity contribution is -0.119. The van der Waals surface area contributed by atoms with Crippen molar-refractivity contribution in [3.63, 3.8) is 0 Å². The van der Waals surface area contributed by atoms with Crippen LogP contribution < -0.4 is 16.2 Å². The highest BCUT2D eigenvalue weighted by Crippen LogP contribution is 2.26. The molecule has 3 rings (SSSR count). The van der Waals surface area contributed by atoms with Gasteiger partial charge in [-0.1, -0.05) is 49.9 Å². The average Bonchev–Trinajstić information content (AvgIpc) is 2.79. The highest BCUT2D eigenvalue weighted by atomic mass is 32.2. The first kappa shape index (κ1) is 23.5. The lowest BCUT2D eigenvalue weighted by Crippen LogP contribution is -2.42. The van der Waals surface area contributed by atoms with E-state index in [2.05, 4.69) is 29.5 Å². The predicted octanol–water partition coefficient (Wildman–Crippen LogP) is 4.23. The van der Waals surface area contributed by atoms with Crippen LogP contribution in [0.2, 0.25) is 0 Å². The Morgan fingerprint density at radius 3 is 2.41 bits per heavy atom. The van der Waals surface area contributed by atoms with Crippen LogP contribution in [0.15, 0.2) is 58.5 Å². The van der Waals surface area contributed by atoms with Gasteiger partial charge in [-0.25, -0.2) is 9.78 Å². The second kappa shape index (κ2) is 10.5. The molecule has 3 aromatic rings. The lowest BCUT2D eigenvalue weighted by atomic mass is 9.98. The minimum atomic E-state index is -0.642. The number of aromatic nitrogens is 2. The molecule has 7 nitrogen and oxygen atoms in total. The summed E-state index contributed by atoms with van der Waals surface area (Å²) in [5.74, 6) is -0.0376. The number of fused-ring (bicyclic) bond motifs is 1. The van der Waals surface area contributed by atoms with E-state index in [1.165, 1.54) is 10.1 Å². The van der Waals surface area contributed by atoms with Crippen molar-refractivity contribution >= 4 is 34.6 Å². The zero-order valence-corrected chi connectivity index (χ0v) is 19.5. The molecule has 1 heterocycles. The maximum absolute atomic E-state index is 13.4. The molecule has 168 valence electrons. The maximum atomic E-state index is 13.4. The fourth-order valence-electron chi connectivity index (χ4n) is 3.24. The average molecular weight is 453 g/mol. The van der Waals surface area contributed by atoms with Crippen LogP contribution in [0.3, 0.4) is 0 Å². The van der Waals surface area contributed by atoms with Gasteiger partial charge < -0.3 is 5.32 Å². The van der Waals surface area contributed by atoms with Gasteiger partial charge in [-0.05, 0) is 56.0 Å². The Bertz CT molecular complexity index is 1170. The van der Waals surface area contributed by atoms with E-state index in [9.17, 15) is 14.4 Å². The summed E-state index contributed by atoms with van der Waals surface area (Å²) in [6, 6.07) is 14.4. The van der Waals surface area contributed by atoms with Crippen molar-refractivity contribution in [1.29, 1.82) is 0 Å². The first-order valence-corrected chi connectivity index (χ1v) is 11.6. The molecule has 1 aromatic heterocycles. The van der Waals surface area contributed by atoms with Crippen LogP contribution >= 0.6 is 11.8 Å². The fraction of sp³-hybridized carbons (Fsp3) is 0.333. The number of imide groups is 1. The van der Waals surface area contributed by atoms with Crippen LogP contribution in [0.1, 0.15) is 45.6 Å². The largest absolute Gasteiger partial charge is 0.338 e. The highest BCUT2D eigenvalue weighted by Gasteiger charge is 2.21. The number of hydrogen-bond acceptors (Lipinski definition) is 5. The van der Waals surface area contributed by atoms with Crippen molar-refractivity contribution < 1.29 is 9.59 Å². The Labute approximate surface area is 191 Å². The Morgan fingerprint density at radius 2 is 1.75 bits per heavy atom. The van der Waals surface area contributed by atoms with Gasteiger partial charge in [0.1, 0.15) is 0 Å². The van der Waals surface area contributed by atoms with Gasteiger partial charge in [-0.15, -0.1) is 0 Å². The number of nitrogens with zero attached hydrogens (tertiary/aromatic N) is 2. The molecular formula is C24H28N4O3S. The minimum Gasteiger partial charge on any atom is -0.338 e. The van der Waals surface area contributed by atoms with Gasteiger partial charge in [0.15, 0.2) is 5.16 Å². The maximum Gasteiger partial charge on any atom is 0.321 e. The second-order valence-corrected chi connectivity index (χ2v) is 8.87. The summed E-state index contributed by atoms with van der Waals surface area (Å²) in [6.45, 7) is 8.16. The molecule has 2 N–H and O–H groups in total. The summed E-state index contributed by atoms with van der Waals surface area (Å²) < 4.78 is 1.53. The standard InChI is InChI=1S/C24H28N4O3S/c1-5-15(3)17-11-13-18(14-12-17)28-22(30)19-9-7-8-10-20(19)26-24(28)32-16(4)21(29)27-23(31)25-6-2/h7-16H,5-6H2,1-4H3,(H2,25,27,29,31)/t15-,16+/m1/s1. The number of rotatable bonds is 7. The smallest absolute Gasteiger partial charge is 0.321 e. The molecule has 0 unspecified atom stereocenters. The van der Waals surface area contributed by atoms with Crippen molar-refractivity contribution in [2.45, 2.75) is 50.4 Å². The molecule has 0 aliphatic heterocycles. The number of carbonyl (C=O) groups excluding carboxylic acids is 2. The van der Waals surface area contributed by atoms with Crippen LogP contribution in [0.25, 0.3) is 16.6 Å². The predicted molar refractivity (Wildman–Crippen MR) is 129 cm³/mol. The van der Waals surface area contributed by atoms with E-state index in [1.807, 2.05) is 30.3 Å². The highest BCUT2D eigenvalue weighted by molar-refractivity contribution is 8.00. The van der Waals surface area contributed by atoms with E-state index < -0.39 is 17.2 Å². The van der Waals surface area contributed by atoms with Crippen LogP contribution in [0.4, 0.5) is 4.79 Å². The molecule has 2 aromatic carbocycles. The molecule has 0 bridgehead atoms. The summed E-state index contributed by atoms with van der Waals surface area (Å²) >= 11 is 1.14. The zero-order chi connectivity index (χ0) is 23.3. The van der Waals surface area contributed by atoms with Gasteiger partial charge in [0.05, 0.1) is 21.8 Å². The fourth-order valence-corrected chi connectivity index (χ4v) is 4.16. The van der Waals surface area contributed by atoms with Gasteiger partial charge in [-0.3, -0.25) is 19.5 Å². The van der Waals surface area contributed by atoms with Gasteiger partial charge >= 0.3 is 6.03 Å². The third-order valence-corrected chi connectivity index (χ3v) is 6.36. The van der Waals surface area contributed by atoms with Crippen LogP contribution in [0.5, 0.6) is 0 Å². The van der Waals surface area contributed by atoms with Crippen LogP contribution in [0, 0.1) is 0 Å². The second-order valence-electron chi connectivity index (χ2n) is 7.56. The Hall–Kier alpha value is -3.13. The monoisotopic (exact) mass is 452 g/mol. The van der Waals surface area contributed by atoms with E-state index in [-0.39, 0.29) is 5.56 Å². The molecule has 0 spiro atoms. The van der Waals surface area contributed by atoms with Crippen molar-refractivity contribution in [3.8, 4) is 5.69 Å². The van der Waals surface area contributed by atoms with Gasteiger partial charge in [0, 0.05) is 6.54 Å². The summed E-state index contributed by atoms with van der Waals surface area (Å²) in [4.78, 5) is 42.2. The number of benzene rings is 2. The molecule has 2 atom stereocenters. The third kappa shape index (κ3) is 5.19. The molecule has 0 saturated carbocycles. The van der Waals surface area contributed by atoms with Gasteiger partial charge in [0.2, 0.25) is 5.91 Å². The first-order chi connectivity index (χ1) is 15.3. The number of thioether (sulfide) groups is 1. The summed E-state index contributed by atoms with van der Waals surface area (Å²) in [7, 11) is 0. The molecule has 0 radical (unpaired) electrons. The van der Waals surface area contributed by atoms with E-state index in [0.717, 1.165) is 18.2 Å². The number of nitrogens with one attached hydrogen (secondary N) is 2. The SMILES string of the molecule is CCNC(=O)NC(=O)[C@H](C)Sc1nc2ccccc2c(=O)n1-c1ccc([C@H](C)CC)cc1. The Kier molecular flexibility index (Phi) is 7.69. The summed E-state index contributed by atoms with van der Waals surface area (Å²) in [5.41, 5.74) is 2.23. The van der Waals surface area contributed by atoms with E-state index >= 15 is 0 Å². The number of amides is 3. The molecule has 0 aliphatic rings. The molecule has 32 heavy (non-hydrogen) atoms. The Balaban J connectivity index is 2.02. The first-order valence-electron chi connectivity index (χ1n) is 10.7. The molecule has 0 aliphatic carbocycles. The minimum absolute atomic E-state index is 0.203. The van der Waals surface area contributed by atoms with Crippen LogP contribution in [-0.4, -0.2) is 33.3 Å². The third-order valence-electron chi connectivity index (χ3n) is 5.30. The number of hydrogen-bond donors (Lipinski definition) is 2. The molecule has 8 heteroatoms. The van der Waals surface area contributed by atoms with Crippen molar-refractivity contribution in [3.05, 3.63) is 64.4 Å². The molecule has 3 amide bonds. The number of para-hydroxylation sites is 1. The zero-order valence-electron chi connectivity index (χ0n) is 18.7. The van der Waals surface area contributed by atoms with Crippen molar-refractivity contribution in [2.24, 2.45) is 0 Å². The number of urea groups is 1. The van der Waals surface area contributed by atoms with E-state index in [0.29, 0.717) is 34.2 Å². The topological polar surface area (TPSA) is 93.1 Å². The summed E-state index contributed by atoms with van der Waals surface area (Å²) in [5, 5.41) is 5.10.